The Hall–Kier alpha value is -0.0600. The Balaban J connectivity index is 3.07. The number of thiol groups is 1. The molecule has 2 nitrogen and oxygen atoms in total. The van der Waals surface area contributed by atoms with Crippen molar-refractivity contribution in [3.63, 3.8) is 0 Å². The summed E-state index contributed by atoms with van der Waals surface area (Å²) in [6.07, 6.45) is 1.63. The van der Waals surface area contributed by atoms with Gasteiger partial charge < -0.3 is 5.11 Å². The predicted molar refractivity (Wildman–Crippen MR) is 45.1 cm³/mol. The third-order valence-corrected chi connectivity index (χ3v) is 1.88. The van der Waals surface area contributed by atoms with E-state index in [9.17, 15) is 0 Å². The minimum absolute atomic E-state index is 0.0634. The minimum Gasteiger partial charge on any atom is -0.390 e. The fourth-order valence-corrected chi connectivity index (χ4v) is 1.35. The lowest BCUT2D eigenvalue weighted by Crippen LogP contribution is -1.89. The molecule has 0 aliphatic carbocycles. The van der Waals surface area contributed by atoms with Crippen molar-refractivity contribution >= 4 is 28.6 Å². The lowest BCUT2D eigenvalue weighted by molar-refractivity contribution is 0.273. The van der Waals surface area contributed by atoms with Gasteiger partial charge in [-0.25, -0.2) is 0 Å². The Morgan fingerprint density at radius 3 is 2.90 bits per heavy atom. The maximum atomic E-state index is 8.68. The Morgan fingerprint density at radius 2 is 2.40 bits per heavy atom. The number of aliphatic hydroxyl groups excluding tert-OH is 1. The summed E-state index contributed by atoms with van der Waals surface area (Å²) < 4.78 is 0.870. The smallest absolute Gasteiger partial charge is 0.0864 e. The highest BCUT2D eigenvalue weighted by molar-refractivity contribution is 9.10. The van der Waals surface area contributed by atoms with Crippen molar-refractivity contribution < 1.29 is 5.11 Å². The second kappa shape index (κ2) is 3.37. The summed E-state index contributed by atoms with van der Waals surface area (Å²) in [5.41, 5.74) is 0.603. The van der Waals surface area contributed by atoms with Crippen LogP contribution >= 0.6 is 28.6 Å². The quantitative estimate of drug-likeness (QED) is 0.705. The van der Waals surface area contributed by atoms with E-state index in [1.807, 2.05) is 0 Å². The zero-order valence-electron chi connectivity index (χ0n) is 5.08. The van der Waals surface area contributed by atoms with Gasteiger partial charge in [-0.2, -0.15) is 0 Å². The van der Waals surface area contributed by atoms with Crippen LogP contribution in [-0.4, -0.2) is 10.1 Å². The summed E-state index contributed by atoms with van der Waals surface area (Å²) >= 11 is 7.33. The Labute approximate surface area is 72.8 Å². The van der Waals surface area contributed by atoms with Crippen LogP contribution in [0.2, 0.25) is 0 Å². The summed E-state index contributed by atoms with van der Waals surface area (Å²) in [6, 6.07) is 1.79. The Bertz CT molecular complexity index is 241. The third kappa shape index (κ3) is 1.71. The third-order valence-electron chi connectivity index (χ3n) is 1.06. The van der Waals surface area contributed by atoms with Gasteiger partial charge in [0.1, 0.15) is 0 Å². The van der Waals surface area contributed by atoms with Gasteiger partial charge in [0.05, 0.1) is 12.3 Å². The number of halogens is 1. The van der Waals surface area contributed by atoms with E-state index in [4.69, 9.17) is 5.11 Å². The summed E-state index contributed by atoms with van der Waals surface area (Å²) in [5.74, 6) is 0. The molecule has 0 bridgehead atoms. The zero-order chi connectivity index (χ0) is 7.56. The molecule has 1 rings (SSSR count). The molecule has 1 aromatic rings. The van der Waals surface area contributed by atoms with Crippen molar-refractivity contribution in [3.8, 4) is 0 Å². The van der Waals surface area contributed by atoms with E-state index in [0.29, 0.717) is 10.6 Å². The number of hydrogen-bond acceptors (Lipinski definition) is 3. The normalized spacial score (nSPS) is 9.90. The van der Waals surface area contributed by atoms with Crippen molar-refractivity contribution in [2.75, 3.05) is 0 Å². The van der Waals surface area contributed by atoms with Crippen LogP contribution in [0.15, 0.2) is 21.6 Å². The molecule has 1 aromatic heterocycles. The maximum absolute atomic E-state index is 8.68. The first kappa shape index (κ1) is 8.04. The van der Waals surface area contributed by atoms with Crippen LogP contribution in [0, 0.1) is 0 Å². The second-order valence-electron chi connectivity index (χ2n) is 1.78. The van der Waals surface area contributed by atoms with Crippen molar-refractivity contribution in [1.29, 1.82) is 0 Å². The van der Waals surface area contributed by atoms with Gasteiger partial charge in [0.2, 0.25) is 0 Å². The van der Waals surface area contributed by atoms with Gasteiger partial charge in [-0.15, -0.1) is 12.6 Å². The number of rotatable bonds is 1. The van der Waals surface area contributed by atoms with Crippen molar-refractivity contribution in [2.45, 2.75) is 11.5 Å². The molecule has 54 valence electrons. The molecule has 0 saturated carbocycles. The van der Waals surface area contributed by atoms with E-state index in [1.165, 1.54) is 0 Å². The molecule has 0 aliphatic rings. The first-order valence-corrected chi connectivity index (χ1v) is 3.92. The van der Waals surface area contributed by atoms with E-state index < -0.39 is 0 Å². The van der Waals surface area contributed by atoms with E-state index in [1.54, 1.807) is 12.3 Å². The average Bonchev–Trinajstić information content (AvgIpc) is 1.88. The molecule has 1 N–H and O–H groups in total. The molecular weight excluding hydrogens is 214 g/mol. The van der Waals surface area contributed by atoms with Crippen LogP contribution in [0.25, 0.3) is 0 Å². The van der Waals surface area contributed by atoms with E-state index in [0.717, 1.165) is 4.47 Å². The number of hydrogen-bond donors (Lipinski definition) is 2. The van der Waals surface area contributed by atoms with Gasteiger partial charge in [0.15, 0.2) is 0 Å². The first-order valence-electron chi connectivity index (χ1n) is 2.68. The summed E-state index contributed by atoms with van der Waals surface area (Å²) in [7, 11) is 0. The molecule has 10 heavy (non-hydrogen) atoms. The molecule has 0 radical (unpaired) electrons. The van der Waals surface area contributed by atoms with Gasteiger partial charge in [0, 0.05) is 15.6 Å². The summed E-state index contributed by atoms with van der Waals surface area (Å²) in [4.78, 5) is 4.63. The highest BCUT2D eigenvalue weighted by atomic mass is 79.9. The molecule has 0 amide bonds. The molecule has 0 aliphatic heterocycles. The first-order chi connectivity index (χ1) is 4.74. The largest absolute Gasteiger partial charge is 0.390 e. The maximum Gasteiger partial charge on any atom is 0.0864 e. The highest BCUT2D eigenvalue weighted by Gasteiger charge is 1.97. The van der Waals surface area contributed by atoms with Gasteiger partial charge in [-0.1, -0.05) is 0 Å². The molecule has 0 aromatic carbocycles. The fourth-order valence-electron chi connectivity index (χ4n) is 0.579. The Kier molecular flexibility index (Phi) is 2.71. The van der Waals surface area contributed by atoms with Crippen molar-refractivity contribution in [3.05, 3.63) is 22.4 Å². The lowest BCUT2D eigenvalue weighted by Gasteiger charge is -1.98. The van der Waals surface area contributed by atoms with Gasteiger partial charge >= 0.3 is 0 Å². The topological polar surface area (TPSA) is 33.1 Å². The van der Waals surface area contributed by atoms with Gasteiger partial charge in [0.25, 0.3) is 0 Å². The molecule has 1 heterocycles. The van der Waals surface area contributed by atoms with Crippen LogP contribution in [0.1, 0.15) is 5.69 Å². The minimum atomic E-state index is -0.0634. The SMILES string of the molecule is OCc1ncc(Br)cc1S. The zero-order valence-corrected chi connectivity index (χ0v) is 7.56. The van der Waals surface area contributed by atoms with E-state index in [-0.39, 0.29) is 6.61 Å². The Morgan fingerprint density at radius 1 is 1.70 bits per heavy atom. The van der Waals surface area contributed by atoms with E-state index in [2.05, 4.69) is 33.5 Å². The monoisotopic (exact) mass is 219 g/mol. The second-order valence-corrected chi connectivity index (χ2v) is 3.17. The molecule has 4 heteroatoms. The van der Waals surface area contributed by atoms with Crippen LogP contribution in [0.5, 0.6) is 0 Å². The van der Waals surface area contributed by atoms with Crippen LogP contribution < -0.4 is 0 Å². The number of nitrogens with zero attached hydrogens (tertiary/aromatic N) is 1. The van der Waals surface area contributed by atoms with E-state index >= 15 is 0 Å². The number of aromatic nitrogens is 1. The molecule has 0 saturated heterocycles. The number of pyridine rings is 1. The van der Waals surface area contributed by atoms with Crippen LogP contribution in [0.3, 0.4) is 0 Å². The average molecular weight is 220 g/mol. The van der Waals surface area contributed by atoms with Crippen molar-refractivity contribution in [2.24, 2.45) is 0 Å². The van der Waals surface area contributed by atoms with Gasteiger partial charge in [-0.05, 0) is 22.0 Å². The fraction of sp³-hybridized carbons (Fsp3) is 0.167. The predicted octanol–water partition coefficient (Wildman–Crippen LogP) is 1.63. The lowest BCUT2D eigenvalue weighted by atomic mass is 10.4. The van der Waals surface area contributed by atoms with Gasteiger partial charge in [-0.3, -0.25) is 4.98 Å². The molecular formula is C6H6BrNOS. The van der Waals surface area contributed by atoms with Crippen molar-refractivity contribution in [1.82, 2.24) is 4.98 Å². The summed E-state index contributed by atoms with van der Waals surface area (Å²) in [6.45, 7) is -0.0634. The standard InChI is InChI=1S/C6H6BrNOS/c7-4-1-6(10)5(3-9)8-2-4/h1-2,9-10H,3H2. The number of aliphatic hydroxyl groups is 1. The van der Waals surface area contributed by atoms with Crippen LogP contribution in [0.4, 0.5) is 0 Å². The molecule has 0 unspecified atom stereocenters. The van der Waals surface area contributed by atoms with Crippen LogP contribution in [-0.2, 0) is 6.61 Å². The molecule has 0 spiro atoms. The molecule has 0 fully saturated rings. The summed E-state index contributed by atoms with van der Waals surface area (Å²) in [5, 5.41) is 8.68. The molecule has 0 atom stereocenters. The highest BCUT2D eigenvalue weighted by Crippen LogP contribution is 2.16.